The molecule has 31 heavy (non-hydrogen) atoms. The molecule has 2 amide bonds. The van der Waals surface area contributed by atoms with Crippen molar-refractivity contribution in [3.8, 4) is 5.75 Å². The molecule has 1 saturated heterocycles. The van der Waals surface area contributed by atoms with Gasteiger partial charge < -0.3 is 10.1 Å². The Labute approximate surface area is 182 Å². The molecule has 0 unspecified atom stereocenters. The first kappa shape index (κ1) is 19.6. The lowest BCUT2D eigenvalue weighted by Gasteiger charge is -2.18. The first-order valence-electron chi connectivity index (χ1n) is 9.84. The molecule has 9 heteroatoms. The van der Waals surface area contributed by atoms with E-state index in [0.29, 0.717) is 16.5 Å². The molecule has 5 rings (SSSR count). The number of amides is 2. The zero-order valence-corrected chi connectivity index (χ0v) is 17.2. The average molecular weight is 440 g/mol. The highest BCUT2D eigenvalue weighted by Gasteiger charge is 2.59. The van der Waals surface area contributed by atoms with E-state index >= 15 is 0 Å². The van der Waals surface area contributed by atoms with Crippen LogP contribution in [0, 0.1) is 33.8 Å². The SMILES string of the molecule is COc1ccc(Nc2ccc(N3C(=O)[C@@H]4[C@H](C3=O)[C@H]3C=C[C@H]4C3)cc2[N+](=O)[O-])cc1Cl. The fraction of sp³-hybridized carbons (Fsp3) is 0.273. The number of rotatable bonds is 5. The number of ether oxygens (including phenoxy) is 1. The lowest BCUT2D eigenvalue weighted by molar-refractivity contribution is -0.383. The van der Waals surface area contributed by atoms with Crippen LogP contribution < -0.4 is 15.0 Å². The number of allylic oxidation sites excluding steroid dienone is 2. The van der Waals surface area contributed by atoms with Crippen LogP contribution in [0.15, 0.2) is 48.6 Å². The van der Waals surface area contributed by atoms with E-state index in [1.807, 2.05) is 12.2 Å². The van der Waals surface area contributed by atoms with E-state index in [1.165, 1.54) is 19.2 Å². The fourth-order valence-electron chi connectivity index (χ4n) is 4.97. The summed E-state index contributed by atoms with van der Waals surface area (Å²) in [7, 11) is 1.49. The van der Waals surface area contributed by atoms with Gasteiger partial charge in [0.15, 0.2) is 0 Å². The highest BCUT2D eigenvalue weighted by atomic mass is 35.5. The molecule has 2 aromatic carbocycles. The maximum Gasteiger partial charge on any atom is 0.294 e. The van der Waals surface area contributed by atoms with Crippen molar-refractivity contribution in [2.75, 3.05) is 17.3 Å². The Morgan fingerprint density at radius 2 is 1.77 bits per heavy atom. The summed E-state index contributed by atoms with van der Waals surface area (Å²) in [5.41, 5.74) is 0.722. The normalized spacial score (nSPS) is 25.8. The number of hydrogen-bond donors (Lipinski definition) is 1. The summed E-state index contributed by atoms with van der Waals surface area (Å²) in [5.74, 6) is -0.634. The second kappa shape index (κ2) is 7.09. The number of anilines is 3. The second-order valence-electron chi connectivity index (χ2n) is 7.94. The summed E-state index contributed by atoms with van der Waals surface area (Å²) in [4.78, 5) is 38.3. The van der Waals surface area contributed by atoms with E-state index < -0.39 is 4.92 Å². The second-order valence-corrected chi connectivity index (χ2v) is 8.35. The van der Waals surface area contributed by atoms with Crippen LogP contribution in [0.1, 0.15) is 6.42 Å². The molecular formula is C22H18ClN3O5. The van der Waals surface area contributed by atoms with Crippen LogP contribution in [0.4, 0.5) is 22.7 Å². The largest absolute Gasteiger partial charge is 0.495 e. The minimum absolute atomic E-state index is 0.0761. The molecule has 2 aliphatic carbocycles. The third kappa shape index (κ3) is 2.97. The van der Waals surface area contributed by atoms with Crippen LogP contribution >= 0.6 is 11.6 Å². The summed E-state index contributed by atoms with van der Waals surface area (Å²) in [6.07, 6.45) is 4.85. The Bertz CT molecular complexity index is 1130. The Kier molecular flexibility index (Phi) is 4.48. The van der Waals surface area contributed by atoms with Gasteiger partial charge in [0.05, 0.1) is 34.6 Å². The molecule has 158 valence electrons. The lowest BCUT2D eigenvalue weighted by Crippen LogP contribution is -2.32. The Hall–Kier alpha value is -3.39. The monoisotopic (exact) mass is 439 g/mol. The van der Waals surface area contributed by atoms with Crippen LogP contribution in [0.25, 0.3) is 0 Å². The van der Waals surface area contributed by atoms with Crippen molar-refractivity contribution >= 4 is 46.2 Å². The van der Waals surface area contributed by atoms with Crippen LogP contribution in [-0.4, -0.2) is 23.8 Å². The highest BCUT2D eigenvalue weighted by Crippen LogP contribution is 2.53. The number of hydrogen-bond acceptors (Lipinski definition) is 6. The molecule has 0 radical (unpaired) electrons. The van der Waals surface area contributed by atoms with Crippen molar-refractivity contribution in [2.24, 2.45) is 23.7 Å². The number of methoxy groups -OCH3 is 1. The number of nitro groups is 1. The topological polar surface area (TPSA) is 102 Å². The molecule has 8 nitrogen and oxygen atoms in total. The van der Waals surface area contributed by atoms with Crippen LogP contribution in [0.2, 0.25) is 5.02 Å². The van der Waals surface area contributed by atoms with Crippen molar-refractivity contribution in [3.63, 3.8) is 0 Å². The molecule has 0 spiro atoms. The Morgan fingerprint density at radius 3 is 2.35 bits per heavy atom. The van der Waals surface area contributed by atoms with Crippen molar-refractivity contribution in [3.05, 3.63) is 63.7 Å². The van der Waals surface area contributed by atoms with E-state index in [2.05, 4.69) is 5.32 Å². The standard InChI is InChI=1S/C22H18ClN3O5/c1-31-18-7-4-13(9-15(18)23)24-16-6-5-14(10-17(16)26(29)30)25-21(27)19-11-2-3-12(8-11)20(19)22(25)28/h2-7,9-12,19-20,24H,8H2,1H3/t11-,12-,19-,20+/m0/s1. The Morgan fingerprint density at radius 1 is 1.10 bits per heavy atom. The zero-order valence-electron chi connectivity index (χ0n) is 16.4. The smallest absolute Gasteiger partial charge is 0.294 e. The molecule has 1 saturated carbocycles. The van der Waals surface area contributed by atoms with Crippen molar-refractivity contribution in [1.29, 1.82) is 0 Å². The van der Waals surface area contributed by atoms with Gasteiger partial charge in [0.25, 0.3) is 5.69 Å². The lowest BCUT2D eigenvalue weighted by atomic mass is 9.85. The Balaban J connectivity index is 1.46. The van der Waals surface area contributed by atoms with E-state index in [-0.39, 0.29) is 52.5 Å². The predicted octanol–water partition coefficient (Wildman–Crippen LogP) is 4.31. The number of halogens is 1. The maximum absolute atomic E-state index is 13.0. The summed E-state index contributed by atoms with van der Waals surface area (Å²) in [6.45, 7) is 0. The molecule has 1 N–H and O–H groups in total. The van der Waals surface area contributed by atoms with E-state index in [1.54, 1.807) is 24.3 Å². The molecular weight excluding hydrogens is 422 g/mol. The zero-order chi connectivity index (χ0) is 21.9. The van der Waals surface area contributed by atoms with Crippen molar-refractivity contribution < 1.29 is 19.2 Å². The highest BCUT2D eigenvalue weighted by molar-refractivity contribution is 6.32. The molecule has 1 heterocycles. The van der Waals surface area contributed by atoms with Crippen LogP contribution in [-0.2, 0) is 9.59 Å². The number of imide groups is 1. The summed E-state index contributed by atoms with van der Waals surface area (Å²) < 4.78 is 5.11. The molecule has 1 aliphatic heterocycles. The third-order valence-corrected chi connectivity index (χ3v) is 6.63. The van der Waals surface area contributed by atoms with E-state index in [0.717, 1.165) is 11.3 Å². The van der Waals surface area contributed by atoms with Gasteiger partial charge in [-0.3, -0.25) is 19.7 Å². The van der Waals surface area contributed by atoms with Gasteiger partial charge in [0.1, 0.15) is 11.4 Å². The molecule has 4 atom stereocenters. The summed E-state index contributed by atoms with van der Waals surface area (Å²) >= 11 is 6.13. The third-order valence-electron chi connectivity index (χ3n) is 6.34. The number of nitrogens with zero attached hydrogens (tertiary/aromatic N) is 2. The number of nitro benzene ring substituents is 1. The van der Waals surface area contributed by atoms with Crippen LogP contribution in [0.5, 0.6) is 5.75 Å². The molecule has 2 aromatic rings. The number of carbonyl (C=O) groups excluding carboxylic acids is 2. The van der Waals surface area contributed by atoms with Gasteiger partial charge in [-0.15, -0.1) is 0 Å². The predicted molar refractivity (Wildman–Crippen MR) is 115 cm³/mol. The van der Waals surface area contributed by atoms with Crippen molar-refractivity contribution in [1.82, 2.24) is 0 Å². The maximum atomic E-state index is 13.0. The number of carbonyl (C=O) groups is 2. The fourth-order valence-corrected chi connectivity index (χ4v) is 5.23. The summed E-state index contributed by atoms with van der Waals surface area (Å²) in [6, 6.07) is 9.22. The van der Waals surface area contributed by atoms with Gasteiger partial charge in [-0.1, -0.05) is 23.8 Å². The molecule has 2 fully saturated rings. The van der Waals surface area contributed by atoms with Gasteiger partial charge >= 0.3 is 0 Å². The van der Waals surface area contributed by atoms with Gasteiger partial charge in [-0.25, -0.2) is 4.90 Å². The summed E-state index contributed by atoms with van der Waals surface area (Å²) in [5, 5.41) is 15.1. The van der Waals surface area contributed by atoms with Crippen molar-refractivity contribution in [2.45, 2.75) is 6.42 Å². The molecule has 2 bridgehead atoms. The minimum Gasteiger partial charge on any atom is -0.495 e. The van der Waals surface area contributed by atoms with E-state index in [9.17, 15) is 19.7 Å². The minimum atomic E-state index is -0.548. The molecule has 0 aromatic heterocycles. The number of benzene rings is 2. The van der Waals surface area contributed by atoms with Crippen LogP contribution in [0.3, 0.4) is 0 Å². The quantitative estimate of drug-likeness (QED) is 0.322. The van der Waals surface area contributed by atoms with Gasteiger partial charge in [-0.05, 0) is 48.6 Å². The first-order valence-corrected chi connectivity index (χ1v) is 10.2. The molecule has 3 aliphatic rings. The number of nitrogens with one attached hydrogen (secondary N) is 1. The first-order chi connectivity index (χ1) is 14.9. The number of fused-ring (bicyclic) bond motifs is 5. The average Bonchev–Trinajstić information content (AvgIpc) is 3.42. The van der Waals surface area contributed by atoms with Gasteiger partial charge in [0, 0.05) is 11.8 Å². The van der Waals surface area contributed by atoms with E-state index in [4.69, 9.17) is 16.3 Å². The van der Waals surface area contributed by atoms with Gasteiger partial charge in [0.2, 0.25) is 11.8 Å². The van der Waals surface area contributed by atoms with Gasteiger partial charge in [-0.2, -0.15) is 0 Å².